The average molecular weight is 459 g/mol. The average Bonchev–Trinajstić information content (AvgIpc) is 3.19. The van der Waals surface area contributed by atoms with Gasteiger partial charge in [0.1, 0.15) is 16.5 Å². The lowest BCUT2D eigenvalue weighted by Crippen LogP contribution is -2.48. The smallest absolute Gasteiger partial charge is 0.347 e. The Labute approximate surface area is 183 Å². The molecular weight excluding hydrogens is 440 g/mol. The van der Waals surface area contributed by atoms with Gasteiger partial charge < -0.3 is 4.42 Å². The van der Waals surface area contributed by atoms with Crippen LogP contribution in [-0.4, -0.2) is 53.6 Å². The van der Waals surface area contributed by atoms with Crippen LogP contribution in [0.1, 0.15) is 0 Å². The maximum atomic E-state index is 12.8. The van der Waals surface area contributed by atoms with Crippen LogP contribution in [0.4, 0.5) is 0 Å². The maximum absolute atomic E-state index is 12.8. The predicted octanol–water partition coefficient (Wildman–Crippen LogP) is 2.76. The normalized spacial score (nSPS) is 16.3. The molecule has 0 aliphatic carbocycles. The quantitative estimate of drug-likeness (QED) is 0.437. The molecule has 1 saturated heterocycles. The molecule has 160 valence electrons. The van der Waals surface area contributed by atoms with Crippen LogP contribution in [0.2, 0.25) is 5.02 Å². The predicted molar refractivity (Wildman–Crippen MR) is 118 cm³/mol. The van der Waals surface area contributed by atoms with Gasteiger partial charge in [-0.05, 0) is 36.4 Å². The van der Waals surface area contributed by atoms with Crippen molar-refractivity contribution in [2.24, 2.45) is 0 Å². The number of fused-ring (bicyclic) bond motifs is 3. The second-order valence-corrected chi connectivity index (χ2v) is 9.81. The lowest BCUT2D eigenvalue weighted by atomic mass is 10.2. The van der Waals surface area contributed by atoms with Crippen molar-refractivity contribution < 1.29 is 12.8 Å². The highest BCUT2D eigenvalue weighted by atomic mass is 35.5. The van der Waals surface area contributed by atoms with E-state index in [-0.39, 0.29) is 4.90 Å². The molecule has 0 radical (unpaired) electrons. The summed E-state index contributed by atoms with van der Waals surface area (Å²) in [5.41, 5.74) is 0.695. The number of sulfonamides is 1. The highest BCUT2D eigenvalue weighted by Gasteiger charge is 2.28. The molecule has 5 rings (SSSR count). The standard InChI is InChI=1S/C21H19ClN4O4S/c22-15-5-7-16(8-6-15)31(28,29)26-11-9-24(10-12-26)14-25-13-18-20(23-25)17-3-1-2-4-19(17)30-21(18)27/h1-8,13H,9-12,14H2. The third kappa shape index (κ3) is 3.74. The minimum atomic E-state index is -3.55. The van der Waals surface area contributed by atoms with Crippen molar-refractivity contribution in [1.82, 2.24) is 19.0 Å². The van der Waals surface area contributed by atoms with Crippen LogP contribution in [0.5, 0.6) is 0 Å². The Morgan fingerprint density at radius 3 is 2.42 bits per heavy atom. The first kappa shape index (κ1) is 20.2. The van der Waals surface area contributed by atoms with Crippen molar-refractivity contribution in [1.29, 1.82) is 0 Å². The van der Waals surface area contributed by atoms with Gasteiger partial charge in [-0.15, -0.1) is 0 Å². The van der Waals surface area contributed by atoms with Crippen molar-refractivity contribution in [3.63, 3.8) is 0 Å². The molecule has 0 spiro atoms. The molecule has 0 saturated carbocycles. The van der Waals surface area contributed by atoms with E-state index in [1.807, 2.05) is 18.2 Å². The minimum Gasteiger partial charge on any atom is -0.422 e. The van der Waals surface area contributed by atoms with Crippen molar-refractivity contribution >= 4 is 43.5 Å². The zero-order valence-electron chi connectivity index (χ0n) is 16.4. The Morgan fingerprint density at radius 1 is 0.968 bits per heavy atom. The van der Waals surface area contributed by atoms with E-state index in [1.165, 1.54) is 16.4 Å². The van der Waals surface area contributed by atoms with E-state index in [0.29, 0.717) is 54.4 Å². The van der Waals surface area contributed by atoms with Crippen LogP contribution < -0.4 is 5.63 Å². The number of piperazine rings is 1. The molecule has 8 nitrogen and oxygen atoms in total. The zero-order valence-corrected chi connectivity index (χ0v) is 18.0. The maximum Gasteiger partial charge on any atom is 0.347 e. The Hall–Kier alpha value is -2.72. The molecule has 1 fully saturated rings. The summed E-state index contributed by atoms with van der Waals surface area (Å²) >= 11 is 5.87. The molecule has 0 amide bonds. The van der Waals surface area contributed by atoms with Gasteiger partial charge in [-0.1, -0.05) is 23.7 Å². The molecule has 0 N–H and O–H groups in total. The van der Waals surface area contributed by atoms with Crippen molar-refractivity contribution in [3.05, 3.63) is 70.2 Å². The summed E-state index contributed by atoms with van der Waals surface area (Å²) in [5.74, 6) is 0. The van der Waals surface area contributed by atoms with E-state index in [2.05, 4.69) is 10.00 Å². The highest BCUT2D eigenvalue weighted by Crippen LogP contribution is 2.22. The summed E-state index contributed by atoms with van der Waals surface area (Å²) in [6.45, 7) is 2.31. The summed E-state index contributed by atoms with van der Waals surface area (Å²) in [6.07, 6.45) is 1.68. The van der Waals surface area contributed by atoms with Crippen LogP contribution in [0.3, 0.4) is 0 Å². The molecule has 2 aromatic heterocycles. The van der Waals surface area contributed by atoms with E-state index in [1.54, 1.807) is 29.1 Å². The number of nitrogens with zero attached hydrogens (tertiary/aromatic N) is 4. The van der Waals surface area contributed by atoms with E-state index in [0.717, 1.165) is 5.39 Å². The number of benzene rings is 2. The van der Waals surface area contributed by atoms with Crippen LogP contribution in [-0.2, 0) is 16.7 Å². The zero-order chi connectivity index (χ0) is 21.6. The summed E-state index contributed by atoms with van der Waals surface area (Å²) in [6, 6.07) is 13.5. The molecule has 3 heterocycles. The second kappa shape index (κ2) is 7.76. The molecule has 0 atom stereocenters. The van der Waals surface area contributed by atoms with Crippen LogP contribution in [0.15, 0.2) is 68.8 Å². The largest absolute Gasteiger partial charge is 0.422 e. The first-order valence-electron chi connectivity index (χ1n) is 9.79. The van der Waals surface area contributed by atoms with Gasteiger partial charge in [0, 0.05) is 42.8 Å². The fraction of sp³-hybridized carbons (Fsp3) is 0.238. The van der Waals surface area contributed by atoms with Gasteiger partial charge in [-0.3, -0.25) is 9.58 Å². The summed E-state index contributed by atoms with van der Waals surface area (Å²) in [7, 11) is -3.55. The van der Waals surface area contributed by atoms with E-state index in [4.69, 9.17) is 16.0 Å². The summed E-state index contributed by atoms with van der Waals surface area (Å²) in [4.78, 5) is 14.6. The Balaban J connectivity index is 1.32. The Bertz CT molecular complexity index is 1420. The van der Waals surface area contributed by atoms with Crippen molar-refractivity contribution in [2.75, 3.05) is 26.2 Å². The number of rotatable bonds is 4. The fourth-order valence-electron chi connectivity index (χ4n) is 3.82. The SMILES string of the molecule is O=c1oc2ccccc2c2nn(CN3CCN(S(=O)(=O)c4ccc(Cl)cc4)CC3)cc12. The molecule has 0 unspecified atom stereocenters. The summed E-state index contributed by atoms with van der Waals surface area (Å²) < 4.78 is 34.3. The molecule has 0 bridgehead atoms. The fourth-order valence-corrected chi connectivity index (χ4v) is 5.37. The van der Waals surface area contributed by atoms with Gasteiger partial charge in [0.25, 0.3) is 0 Å². The van der Waals surface area contributed by atoms with E-state index < -0.39 is 15.6 Å². The van der Waals surface area contributed by atoms with Gasteiger partial charge in [-0.2, -0.15) is 9.40 Å². The monoisotopic (exact) mass is 458 g/mol. The Morgan fingerprint density at radius 2 is 1.68 bits per heavy atom. The number of aromatic nitrogens is 2. The number of hydrogen-bond donors (Lipinski definition) is 0. The molecule has 1 aliphatic rings. The van der Waals surface area contributed by atoms with Crippen LogP contribution in [0.25, 0.3) is 21.9 Å². The molecule has 31 heavy (non-hydrogen) atoms. The van der Waals surface area contributed by atoms with Gasteiger partial charge in [0.05, 0.1) is 11.6 Å². The van der Waals surface area contributed by atoms with E-state index in [9.17, 15) is 13.2 Å². The lowest BCUT2D eigenvalue weighted by molar-refractivity contribution is 0.146. The number of hydrogen-bond acceptors (Lipinski definition) is 6. The van der Waals surface area contributed by atoms with Gasteiger partial charge in [0.2, 0.25) is 10.0 Å². The Kier molecular flexibility index (Phi) is 5.05. The van der Waals surface area contributed by atoms with Crippen molar-refractivity contribution in [2.45, 2.75) is 11.6 Å². The van der Waals surface area contributed by atoms with Crippen LogP contribution in [0, 0.1) is 0 Å². The van der Waals surface area contributed by atoms with Crippen LogP contribution >= 0.6 is 11.6 Å². The topological polar surface area (TPSA) is 88.7 Å². The number of halogens is 1. The molecule has 1 aliphatic heterocycles. The van der Waals surface area contributed by atoms with Gasteiger partial charge in [0.15, 0.2) is 0 Å². The third-order valence-corrected chi connectivity index (χ3v) is 7.62. The molecular formula is C21H19ClN4O4S. The number of para-hydroxylation sites is 1. The second-order valence-electron chi connectivity index (χ2n) is 7.43. The minimum absolute atomic E-state index is 0.238. The molecule has 4 aromatic rings. The molecule has 10 heteroatoms. The van der Waals surface area contributed by atoms with Gasteiger partial charge >= 0.3 is 5.63 Å². The first-order valence-corrected chi connectivity index (χ1v) is 11.6. The lowest BCUT2D eigenvalue weighted by Gasteiger charge is -2.33. The van der Waals surface area contributed by atoms with Gasteiger partial charge in [-0.25, -0.2) is 13.2 Å². The third-order valence-electron chi connectivity index (χ3n) is 5.45. The summed E-state index contributed by atoms with van der Waals surface area (Å²) in [5, 5.41) is 6.31. The van der Waals surface area contributed by atoms with E-state index >= 15 is 0 Å². The van der Waals surface area contributed by atoms with Crippen molar-refractivity contribution in [3.8, 4) is 0 Å². The molecule has 2 aromatic carbocycles. The highest BCUT2D eigenvalue weighted by molar-refractivity contribution is 7.89. The first-order chi connectivity index (χ1) is 14.9.